The van der Waals surface area contributed by atoms with Crippen LogP contribution in [0, 0.1) is 0 Å². The Bertz CT molecular complexity index is 1180. The number of hydrogen-bond donors (Lipinski definition) is 2. The van der Waals surface area contributed by atoms with Crippen LogP contribution in [0.2, 0.25) is 0 Å². The van der Waals surface area contributed by atoms with Gasteiger partial charge in [-0.25, -0.2) is 8.42 Å². The fraction of sp³-hybridized carbons (Fsp3) is 0.348. The van der Waals surface area contributed by atoms with Gasteiger partial charge in [0.1, 0.15) is 5.75 Å². The Balaban J connectivity index is 1.49. The van der Waals surface area contributed by atoms with Gasteiger partial charge in [0.05, 0.1) is 17.7 Å². The van der Waals surface area contributed by atoms with E-state index in [0.29, 0.717) is 30.9 Å². The Morgan fingerprint density at radius 2 is 1.90 bits per heavy atom. The predicted octanol–water partition coefficient (Wildman–Crippen LogP) is 3.92. The van der Waals surface area contributed by atoms with Crippen LogP contribution in [0.5, 0.6) is 5.75 Å². The number of hydrogen-bond acceptors (Lipinski definition) is 4. The summed E-state index contributed by atoms with van der Waals surface area (Å²) in [4.78, 5) is 16.0. The molecular weight excluding hydrogens is 414 g/mol. The molecule has 0 atom stereocenters. The van der Waals surface area contributed by atoms with Crippen molar-refractivity contribution in [2.75, 3.05) is 25.5 Å². The smallest absolute Gasteiger partial charge is 0.243 e. The lowest BCUT2D eigenvalue weighted by Gasteiger charge is -2.26. The highest BCUT2D eigenvalue weighted by Crippen LogP contribution is 2.30. The van der Waals surface area contributed by atoms with Gasteiger partial charge in [0.15, 0.2) is 0 Å². The zero-order valence-corrected chi connectivity index (χ0v) is 18.4. The van der Waals surface area contributed by atoms with Gasteiger partial charge in [-0.2, -0.15) is 4.31 Å². The first-order valence-electron chi connectivity index (χ1n) is 10.5. The molecule has 0 saturated carbocycles. The van der Waals surface area contributed by atoms with Crippen LogP contribution < -0.4 is 10.1 Å². The average Bonchev–Trinajstić information content (AvgIpc) is 3.21. The molecule has 0 radical (unpaired) electrons. The third kappa shape index (κ3) is 4.60. The molecule has 8 heteroatoms. The fourth-order valence-electron chi connectivity index (χ4n) is 4.00. The quantitative estimate of drug-likeness (QED) is 0.581. The number of nitrogens with zero attached hydrogens (tertiary/aromatic N) is 1. The van der Waals surface area contributed by atoms with Gasteiger partial charge in [0, 0.05) is 36.6 Å². The molecule has 1 aliphatic heterocycles. The number of rotatable bonds is 7. The summed E-state index contributed by atoms with van der Waals surface area (Å²) < 4.78 is 32.9. The highest BCUT2D eigenvalue weighted by molar-refractivity contribution is 7.89. The number of carbonyl (C=O) groups is 1. The molecule has 1 amide bonds. The number of para-hydroxylation sites is 1. The van der Waals surface area contributed by atoms with Crippen LogP contribution >= 0.6 is 0 Å². The van der Waals surface area contributed by atoms with Crippen LogP contribution in [0.25, 0.3) is 10.9 Å². The zero-order valence-electron chi connectivity index (χ0n) is 17.6. The van der Waals surface area contributed by atoms with Gasteiger partial charge < -0.3 is 15.0 Å². The molecule has 31 heavy (non-hydrogen) atoms. The lowest BCUT2D eigenvalue weighted by atomic mass is 10.1. The number of benzene rings is 2. The van der Waals surface area contributed by atoms with Crippen LogP contribution in [-0.2, 0) is 21.2 Å². The molecule has 0 spiro atoms. The molecule has 0 aliphatic carbocycles. The largest absolute Gasteiger partial charge is 0.495 e. The van der Waals surface area contributed by atoms with Crippen LogP contribution in [0.1, 0.15) is 31.2 Å². The summed E-state index contributed by atoms with van der Waals surface area (Å²) in [5, 5.41) is 3.93. The van der Waals surface area contributed by atoms with Crippen LogP contribution in [-0.4, -0.2) is 43.8 Å². The number of aromatic amines is 1. The van der Waals surface area contributed by atoms with Crippen molar-refractivity contribution < 1.29 is 17.9 Å². The minimum atomic E-state index is -3.60. The van der Waals surface area contributed by atoms with Crippen LogP contribution in [0.4, 0.5) is 5.69 Å². The minimum Gasteiger partial charge on any atom is -0.495 e. The first-order valence-corrected chi connectivity index (χ1v) is 12.0. The topological polar surface area (TPSA) is 91.5 Å². The van der Waals surface area contributed by atoms with E-state index in [0.717, 1.165) is 35.7 Å². The lowest BCUT2D eigenvalue weighted by Crippen LogP contribution is -2.35. The van der Waals surface area contributed by atoms with Crippen molar-refractivity contribution in [2.24, 2.45) is 0 Å². The number of aromatic nitrogens is 1. The number of ether oxygens (including phenoxy) is 1. The standard InChI is InChI=1S/C23H27N3O4S/c1-30-22-11-10-18(31(28,29)26-13-5-2-6-14-26)15-21(22)25-23(27)12-9-17-16-24-20-8-4-3-7-19(17)20/h3-4,7-8,10-11,15-16,24H,2,5-6,9,12-14H2,1H3,(H,25,27). The van der Waals surface area contributed by atoms with E-state index in [1.807, 2.05) is 30.5 Å². The SMILES string of the molecule is COc1ccc(S(=O)(=O)N2CCCCC2)cc1NC(=O)CCc1c[nH]c2ccccc12. The summed E-state index contributed by atoms with van der Waals surface area (Å²) in [6.07, 6.45) is 5.55. The van der Waals surface area contributed by atoms with E-state index >= 15 is 0 Å². The summed E-state index contributed by atoms with van der Waals surface area (Å²) >= 11 is 0. The van der Waals surface area contributed by atoms with Crippen LogP contribution in [0.15, 0.2) is 53.6 Å². The molecule has 1 fully saturated rings. The molecule has 4 rings (SSSR count). The van der Waals surface area contributed by atoms with Crippen molar-refractivity contribution in [1.82, 2.24) is 9.29 Å². The van der Waals surface area contributed by atoms with Crippen molar-refractivity contribution in [3.63, 3.8) is 0 Å². The Morgan fingerprint density at radius 3 is 2.68 bits per heavy atom. The molecule has 2 heterocycles. The first-order chi connectivity index (χ1) is 15.0. The van der Waals surface area contributed by atoms with Crippen molar-refractivity contribution in [3.8, 4) is 5.75 Å². The number of anilines is 1. The highest BCUT2D eigenvalue weighted by atomic mass is 32.2. The third-order valence-corrected chi connectivity index (χ3v) is 7.59. The molecule has 0 bridgehead atoms. The number of carbonyl (C=O) groups excluding carboxylic acids is 1. The molecule has 7 nitrogen and oxygen atoms in total. The highest BCUT2D eigenvalue weighted by Gasteiger charge is 2.27. The summed E-state index contributed by atoms with van der Waals surface area (Å²) in [5.41, 5.74) is 2.47. The predicted molar refractivity (Wildman–Crippen MR) is 121 cm³/mol. The number of methoxy groups -OCH3 is 1. The molecule has 0 unspecified atom stereocenters. The van der Waals surface area contributed by atoms with E-state index in [-0.39, 0.29) is 17.2 Å². The molecule has 2 aromatic carbocycles. The van der Waals surface area contributed by atoms with E-state index in [1.165, 1.54) is 23.5 Å². The van der Waals surface area contributed by atoms with Crippen molar-refractivity contribution >= 4 is 32.5 Å². The molecule has 1 aromatic heterocycles. The number of aryl methyl sites for hydroxylation is 1. The Morgan fingerprint density at radius 1 is 1.13 bits per heavy atom. The minimum absolute atomic E-state index is 0.169. The summed E-state index contributed by atoms with van der Waals surface area (Å²) in [5.74, 6) is 0.231. The Labute approximate surface area is 182 Å². The van der Waals surface area contributed by atoms with E-state index < -0.39 is 10.0 Å². The first kappa shape index (κ1) is 21.4. The van der Waals surface area contributed by atoms with Gasteiger partial charge in [-0.1, -0.05) is 24.6 Å². The molecule has 2 N–H and O–H groups in total. The average molecular weight is 442 g/mol. The summed E-state index contributed by atoms with van der Waals surface area (Å²) in [6, 6.07) is 12.6. The maximum Gasteiger partial charge on any atom is 0.243 e. The normalized spacial score (nSPS) is 15.1. The zero-order chi connectivity index (χ0) is 21.8. The van der Waals surface area contributed by atoms with Gasteiger partial charge in [-0.15, -0.1) is 0 Å². The van der Waals surface area contributed by atoms with E-state index in [4.69, 9.17) is 4.74 Å². The second kappa shape index (κ2) is 9.11. The van der Waals surface area contributed by atoms with Gasteiger partial charge in [-0.05, 0) is 49.1 Å². The lowest BCUT2D eigenvalue weighted by molar-refractivity contribution is -0.116. The van der Waals surface area contributed by atoms with E-state index in [1.54, 1.807) is 6.07 Å². The van der Waals surface area contributed by atoms with Crippen molar-refractivity contribution in [1.29, 1.82) is 0 Å². The number of H-pyrrole nitrogens is 1. The second-order valence-corrected chi connectivity index (χ2v) is 9.67. The van der Waals surface area contributed by atoms with Crippen molar-refractivity contribution in [3.05, 3.63) is 54.2 Å². The van der Waals surface area contributed by atoms with Gasteiger partial charge in [0.25, 0.3) is 0 Å². The van der Waals surface area contributed by atoms with Gasteiger partial charge >= 0.3 is 0 Å². The van der Waals surface area contributed by atoms with E-state index in [9.17, 15) is 13.2 Å². The number of nitrogens with one attached hydrogen (secondary N) is 2. The van der Waals surface area contributed by atoms with Crippen molar-refractivity contribution in [2.45, 2.75) is 37.0 Å². The van der Waals surface area contributed by atoms with E-state index in [2.05, 4.69) is 10.3 Å². The summed E-state index contributed by atoms with van der Waals surface area (Å²) in [7, 11) is -2.10. The number of fused-ring (bicyclic) bond motifs is 1. The Kier molecular flexibility index (Phi) is 6.29. The second-order valence-electron chi connectivity index (χ2n) is 7.73. The van der Waals surface area contributed by atoms with Crippen LogP contribution in [0.3, 0.4) is 0 Å². The number of amides is 1. The van der Waals surface area contributed by atoms with Gasteiger partial charge in [-0.3, -0.25) is 4.79 Å². The molecule has 3 aromatic rings. The van der Waals surface area contributed by atoms with Gasteiger partial charge in [0.2, 0.25) is 15.9 Å². The maximum atomic E-state index is 13.0. The molecule has 1 saturated heterocycles. The fourth-order valence-corrected chi connectivity index (χ4v) is 5.54. The molecular formula is C23H27N3O4S. The monoisotopic (exact) mass is 441 g/mol. The third-order valence-electron chi connectivity index (χ3n) is 5.69. The Hall–Kier alpha value is -2.84. The molecule has 164 valence electrons. The number of piperidine rings is 1. The summed E-state index contributed by atoms with van der Waals surface area (Å²) in [6.45, 7) is 1.06. The maximum absolute atomic E-state index is 13.0. The molecule has 1 aliphatic rings. The number of sulfonamides is 1.